The molecule has 6 nitrogen and oxygen atoms in total. The lowest BCUT2D eigenvalue weighted by Gasteiger charge is -2.36. The van der Waals surface area contributed by atoms with E-state index in [4.69, 9.17) is 16.0 Å². The molecule has 0 bridgehead atoms. The summed E-state index contributed by atoms with van der Waals surface area (Å²) in [5, 5.41) is 3.89. The predicted molar refractivity (Wildman–Crippen MR) is 103 cm³/mol. The zero-order valence-electron chi connectivity index (χ0n) is 14.1. The van der Waals surface area contributed by atoms with Crippen LogP contribution in [0.15, 0.2) is 40.8 Å². The van der Waals surface area contributed by atoms with Gasteiger partial charge < -0.3 is 14.6 Å². The molecule has 142 valence electrons. The number of furan rings is 1. The third-order valence-electron chi connectivity index (χ3n) is 4.01. The van der Waals surface area contributed by atoms with Gasteiger partial charge in [0.1, 0.15) is 11.5 Å². The molecule has 1 aliphatic heterocycles. The van der Waals surface area contributed by atoms with E-state index in [0.29, 0.717) is 24.7 Å². The molecule has 2 heterocycles. The Morgan fingerprint density at radius 3 is 2.81 bits per heavy atom. The van der Waals surface area contributed by atoms with Crippen LogP contribution in [0.5, 0.6) is 0 Å². The number of sulfone groups is 1. The number of nitrogens with zero attached hydrogens (tertiary/aromatic N) is 1. The smallest absolute Gasteiger partial charge is 0.290 e. The minimum atomic E-state index is -3.22. The quantitative estimate of drug-likeness (QED) is 0.825. The van der Waals surface area contributed by atoms with Crippen LogP contribution in [0.25, 0.3) is 0 Å². The maximum absolute atomic E-state index is 12.9. The van der Waals surface area contributed by atoms with Crippen molar-refractivity contribution >= 4 is 39.8 Å². The lowest BCUT2D eigenvalue weighted by atomic mass is 10.0. The highest BCUT2D eigenvalue weighted by Gasteiger charge is 2.30. The van der Waals surface area contributed by atoms with E-state index < -0.39 is 9.84 Å². The van der Waals surface area contributed by atoms with Gasteiger partial charge in [-0.2, -0.15) is 0 Å². The third-order valence-corrected chi connectivity index (χ3v) is 5.06. The van der Waals surface area contributed by atoms with Gasteiger partial charge in [-0.15, -0.1) is 12.4 Å². The van der Waals surface area contributed by atoms with Gasteiger partial charge >= 0.3 is 0 Å². The molecule has 0 spiro atoms. The second kappa shape index (κ2) is 8.43. The van der Waals surface area contributed by atoms with Crippen LogP contribution >= 0.6 is 24.0 Å². The van der Waals surface area contributed by atoms with Gasteiger partial charge in [0.25, 0.3) is 5.91 Å². The number of benzene rings is 1. The van der Waals surface area contributed by atoms with E-state index >= 15 is 0 Å². The first-order valence-corrected chi connectivity index (χ1v) is 10.3. The van der Waals surface area contributed by atoms with Crippen LogP contribution in [0.3, 0.4) is 0 Å². The molecule has 1 unspecified atom stereocenters. The Morgan fingerprint density at radius 1 is 1.35 bits per heavy atom. The van der Waals surface area contributed by atoms with Gasteiger partial charge in [0.15, 0.2) is 15.6 Å². The molecule has 26 heavy (non-hydrogen) atoms. The van der Waals surface area contributed by atoms with Crippen molar-refractivity contribution in [3.05, 3.63) is 58.5 Å². The van der Waals surface area contributed by atoms with Crippen LogP contribution in [0, 0.1) is 0 Å². The van der Waals surface area contributed by atoms with Crippen molar-refractivity contribution in [2.45, 2.75) is 11.8 Å². The Kier molecular flexibility index (Phi) is 6.74. The number of rotatable bonds is 4. The number of hydrogen-bond donors (Lipinski definition) is 1. The number of nitrogens with one attached hydrogen (secondary N) is 1. The van der Waals surface area contributed by atoms with Gasteiger partial charge in [0.05, 0.1) is 6.04 Å². The maximum atomic E-state index is 12.9. The van der Waals surface area contributed by atoms with Crippen molar-refractivity contribution in [2.75, 3.05) is 25.9 Å². The van der Waals surface area contributed by atoms with E-state index in [0.717, 1.165) is 11.8 Å². The molecule has 1 saturated heterocycles. The molecule has 3 rings (SSSR count). The van der Waals surface area contributed by atoms with Gasteiger partial charge in [-0.1, -0.05) is 23.7 Å². The Labute approximate surface area is 163 Å². The van der Waals surface area contributed by atoms with E-state index in [1.807, 2.05) is 18.2 Å². The number of amides is 1. The average molecular weight is 419 g/mol. The number of piperazine rings is 1. The van der Waals surface area contributed by atoms with E-state index in [-0.39, 0.29) is 41.6 Å². The standard InChI is InChI=1S/C17H19ClN2O4S.ClH/c1-25(22,23)11-14-5-6-16(24-14)17(21)20-8-7-19-10-15(20)12-3-2-4-13(18)9-12;/h2-6,9,15,19H,7-8,10-11H2,1H3;1H. The Morgan fingerprint density at radius 2 is 2.12 bits per heavy atom. The SMILES string of the molecule is CS(=O)(=O)Cc1ccc(C(=O)N2CCNCC2c2cccc(Cl)c2)o1.Cl. The zero-order chi connectivity index (χ0) is 18.0. The third kappa shape index (κ3) is 5.01. The van der Waals surface area contributed by atoms with Gasteiger partial charge in [0.2, 0.25) is 0 Å². The number of halogens is 2. The van der Waals surface area contributed by atoms with Crippen LogP contribution in [0.2, 0.25) is 5.02 Å². The molecule has 1 aromatic carbocycles. The molecule has 1 fully saturated rings. The Balaban J connectivity index is 0.00000243. The summed E-state index contributed by atoms with van der Waals surface area (Å²) in [6.07, 6.45) is 1.13. The van der Waals surface area contributed by atoms with Crippen LogP contribution in [0.4, 0.5) is 0 Å². The predicted octanol–water partition coefficient (Wildman–Crippen LogP) is 2.69. The summed E-state index contributed by atoms with van der Waals surface area (Å²) in [5.74, 6) is -0.0707. The topological polar surface area (TPSA) is 79.6 Å². The summed E-state index contributed by atoms with van der Waals surface area (Å²) in [5.41, 5.74) is 0.941. The second-order valence-corrected chi connectivity index (χ2v) is 8.69. The molecule has 0 radical (unpaired) electrons. The van der Waals surface area contributed by atoms with Crippen molar-refractivity contribution in [3.63, 3.8) is 0 Å². The minimum Gasteiger partial charge on any atom is -0.455 e. The Hall–Kier alpha value is -1.54. The highest BCUT2D eigenvalue weighted by Crippen LogP contribution is 2.26. The van der Waals surface area contributed by atoms with Crippen LogP contribution in [0.1, 0.15) is 27.9 Å². The molecule has 0 aliphatic carbocycles. The number of hydrogen-bond acceptors (Lipinski definition) is 5. The van der Waals surface area contributed by atoms with E-state index in [2.05, 4.69) is 5.32 Å². The molecule has 1 atom stereocenters. The van der Waals surface area contributed by atoms with Crippen LogP contribution in [-0.4, -0.2) is 45.1 Å². The molecule has 0 saturated carbocycles. The first kappa shape index (κ1) is 20.8. The summed E-state index contributed by atoms with van der Waals surface area (Å²) in [6.45, 7) is 1.82. The lowest BCUT2D eigenvalue weighted by molar-refractivity contribution is 0.0600. The zero-order valence-corrected chi connectivity index (χ0v) is 16.5. The summed E-state index contributed by atoms with van der Waals surface area (Å²) >= 11 is 6.07. The molecule has 1 aliphatic rings. The summed E-state index contributed by atoms with van der Waals surface area (Å²) in [6, 6.07) is 10.3. The molecule has 2 aromatic rings. The van der Waals surface area contributed by atoms with Crippen molar-refractivity contribution in [1.82, 2.24) is 10.2 Å². The van der Waals surface area contributed by atoms with Crippen molar-refractivity contribution in [3.8, 4) is 0 Å². The van der Waals surface area contributed by atoms with Crippen LogP contribution in [-0.2, 0) is 15.6 Å². The molecule has 9 heteroatoms. The molecular weight excluding hydrogens is 399 g/mol. The summed E-state index contributed by atoms with van der Waals surface area (Å²) < 4.78 is 28.2. The van der Waals surface area contributed by atoms with Gasteiger partial charge in [-0.3, -0.25) is 4.79 Å². The van der Waals surface area contributed by atoms with Crippen molar-refractivity contribution in [1.29, 1.82) is 0 Å². The molecule has 1 amide bonds. The van der Waals surface area contributed by atoms with Gasteiger partial charge in [0, 0.05) is 30.9 Å². The fourth-order valence-electron chi connectivity index (χ4n) is 2.93. The Bertz CT molecular complexity index is 882. The fraction of sp³-hybridized carbons (Fsp3) is 0.353. The largest absolute Gasteiger partial charge is 0.455 e. The first-order chi connectivity index (χ1) is 11.8. The monoisotopic (exact) mass is 418 g/mol. The minimum absolute atomic E-state index is 0. The highest BCUT2D eigenvalue weighted by molar-refractivity contribution is 7.89. The lowest BCUT2D eigenvalue weighted by Crippen LogP contribution is -2.48. The summed E-state index contributed by atoms with van der Waals surface area (Å²) in [7, 11) is -3.22. The average Bonchev–Trinajstić information content (AvgIpc) is 3.00. The molecule has 1 aromatic heterocycles. The van der Waals surface area contributed by atoms with Crippen molar-refractivity contribution in [2.24, 2.45) is 0 Å². The number of carbonyl (C=O) groups is 1. The van der Waals surface area contributed by atoms with Crippen LogP contribution < -0.4 is 5.32 Å². The normalized spacial score (nSPS) is 17.6. The van der Waals surface area contributed by atoms with Gasteiger partial charge in [-0.25, -0.2) is 8.42 Å². The highest BCUT2D eigenvalue weighted by atomic mass is 35.5. The summed E-state index contributed by atoms with van der Waals surface area (Å²) in [4.78, 5) is 14.6. The van der Waals surface area contributed by atoms with E-state index in [1.165, 1.54) is 12.1 Å². The van der Waals surface area contributed by atoms with Gasteiger partial charge in [-0.05, 0) is 29.8 Å². The first-order valence-electron chi connectivity index (χ1n) is 7.87. The molecular formula is C17H20Cl2N2O4S. The number of carbonyl (C=O) groups excluding carboxylic acids is 1. The maximum Gasteiger partial charge on any atom is 0.290 e. The molecule has 1 N–H and O–H groups in total. The van der Waals surface area contributed by atoms with E-state index in [1.54, 1.807) is 11.0 Å². The van der Waals surface area contributed by atoms with E-state index in [9.17, 15) is 13.2 Å². The fourth-order valence-corrected chi connectivity index (χ4v) is 3.80. The van der Waals surface area contributed by atoms with Crippen molar-refractivity contribution < 1.29 is 17.6 Å². The second-order valence-electron chi connectivity index (χ2n) is 6.11.